The lowest BCUT2D eigenvalue weighted by atomic mass is 10.1. The number of sulfonamides is 1. The van der Waals surface area contributed by atoms with E-state index in [1.807, 2.05) is 0 Å². The molecule has 0 aliphatic rings. The fourth-order valence-corrected chi connectivity index (χ4v) is 2.43. The van der Waals surface area contributed by atoms with E-state index < -0.39 is 15.6 Å². The number of nitrogens with one attached hydrogen (secondary N) is 1. The summed E-state index contributed by atoms with van der Waals surface area (Å²) < 4.78 is 30.2. The van der Waals surface area contributed by atoms with Crippen molar-refractivity contribution in [1.82, 2.24) is 4.72 Å². The van der Waals surface area contributed by atoms with Crippen LogP contribution < -0.4 is 10.5 Å². The fourth-order valence-electron chi connectivity index (χ4n) is 0.907. The minimum atomic E-state index is -3.23. The van der Waals surface area contributed by atoms with E-state index in [0.29, 0.717) is 13.0 Å². The van der Waals surface area contributed by atoms with Crippen LogP contribution in [0, 0.1) is 0 Å². The quantitative estimate of drug-likeness (QED) is 0.637. The van der Waals surface area contributed by atoms with Gasteiger partial charge in [-0.2, -0.15) is 0 Å². The van der Waals surface area contributed by atoms with Crippen LogP contribution in [0.1, 0.15) is 20.3 Å². The lowest BCUT2D eigenvalue weighted by Gasteiger charge is -2.23. The van der Waals surface area contributed by atoms with E-state index in [-0.39, 0.29) is 24.7 Å². The molecule has 0 heterocycles. The standard InChI is InChI=1S/C8H20N2O3S.ClH/c1-8(2,7-9)10-14(11,12)6-4-5-13-3;/h10H,4-7,9H2,1-3H3;1H. The second kappa shape index (κ2) is 7.40. The highest BCUT2D eigenvalue weighted by atomic mass is 35.5. The van der Waals surface area contributed by atoms with Crippen LogP contribution in [-0.4, -0.2) is 40.0 Å². The minimum absolute atomic E-state index is 0. The Kier molecular flexibility index (Phi) is 8.64. The highest BCUT2D eigenvalue weighted by Crippen LogP contribution is 2.02. The zero-order valence-corrected chi connectivity index (χ0v) is 11.1. The molecular formula is C8H21ClN2O3S. The van der Waals surface area contributed by atoms with E-state index in [1.165, 1.54) is 0 Å². The van der Waals surface area contributed by atoms with Crippen LogP contribution in [0.2, 0.25) is 0 Å². The van der Waals surface area contributed by atoms with Crippen LogP contribution in [-0.2, 0) is 14.8 Å². The van der Waals surface area contributed by atoms with Gasteiger partial charge in [-0.3, -0.25) is 0 Å². The van der Waals surface area contributed by atoms with Crippen molar-refractivity contribution in [3.05, 3.63) is 0 Å². The average molecular weight is 261 g/mol. The SMILES string of the molecule is COCCCS(=O)(=O)NC(C)(C)CN.Cl. The Hall–Kier alpha value is 0.120. The number of hydrogen-bond acceptors (Lipinski definition) is 4. The Morgan fingerprint density at radius 1 is 1.40 bits per heavy atom. The third-order valence-corrected chi connectivity index (χ3v) is 3.39. The van der Waals surface area contributed by atoms with Gasteiger partial charge in [-0.25, -0.2) is 13.1 Å². The Balaban J connectivity index is 0. The smallest absolute Gasteiger partial charge is 0.212 e. The largest absolute Gasteiger partial charge is 0.385 e. The molecule has 5 nitrogen and oxygen atoms in total. The second-order valence-electron chi connectivity index (χ2n) is 3.86. The molecule has 0 spiro atoms. The molecule has 0 aromatic carbocycles. The van der Waals surface area contributed by atoms with Gasteiger partial charge in [0.05, 0.1) is 5.75 Å². The Morgan fingerprint density at radius 2 is 1.93 bits per heavy atom. The monoisotopic (exact) mass is 260 g/mol. The van der Waals surface area contributed by atoms with E-state index in [0.717, 1.165) is 0 Å². The molecule has 94 valence electrons. The van der Waals surface area contributed by atoms with Crippen molar-refractivity contribution >= 4 is 22.4 Å². The summed E-state index contributed by atoms with van der Waals surface area (Å²) in [5.41, 5.74) is 4.84. The van der Waals surface area contributed by atoms with Crippen molar-refractivity contribution in [3.8, 4) is 0 Å². The van der Waals surface area contributed by atoms with Gasteiger partial charge >= 0.3 is 0 Å². The summed E-state index contributed by atoms with van der Waals surface area (Å²) in [5.74, 6) is 0.0737. The van der Waals surface area contributed by atoms with Gasteiger partial charge in [0.2, 0.25) is 10.0 Å². The zero-order valence-electron chi connectivity index (χ0n) is 9.45. The molecule has 3 N–H and O–H groups in total. The van der Waals surface area contributed by atoms with Crippen molar-refractivity contribution in [3.63, 3.8) is 0 Å². The van der Waals surface area contributed by atoms with Crippen LogP contribution >= 0.6 is 12.4 Å². The molecule has 0 unspecified atom stereocenters. The van der Waals surface area contributed by atoms with Gasteiger partial charge in [0, 0.05) is 25.8 Å². The molecule has 0 atom stereocenters. The van der Waals surface area contributed by atoms with Crippen LogP contribution in [0.5, 0.6) is 0 Å². The van der Waals surface area contributed by atoms with Crippen molar-refractivity contribution < 1.29 is 13.2 Å². The Morgan fingerprint density at radius 3 is 2.33 bits per heavy atom. The Bertz CT molecular complexity index is 255. The van der Waals surface area contributed by atoms with Gasteiger partial charge in [0.25, 0.3) is 0 Å². The molecule has 0 radical (unpaired) electrons. The number of halogens is 1. The van der Waals surface area contributed by atoms with E-state index >= 15 is 0 Å². The van der Waals surface area contributed by atoms with Gasteiger partial charge in [0.15, 0.2) is 0 Å². The van der Waals surface area contributed by atoms with Crippen molar-refractivity contribution in [2.45, 2.75) is 25.8 Å². The van der Waals surface area contributed by atoms with Crippen LogP contribution in [0.4, 0.5) is 0 Å². The van der Waals surface area contributed by atoms with Gasteiger partial charge in [-0.15, -0.1) is 12.4 Å². The van der Waals surface area contributed by atoms with E-state index in [9.17, 15) is 8.42 Å². The summed E-state index contributed by atoms with van der Waals surface area (Å²) >= 11 is 0. The first-order valence-corrected chi connectivity index (χ1v) is 6.19. The summed E-state index contributed by atoms with van der Waals surface area (Å²) in [5, 5.41) is 0. The van der Waals surface area contributed by atoms with Gasteiger partial charge < -0.3 is 10.5 Å². The average Bonchev–Trinajstić information content (AvgIpc) is 2.03. The number of nitrogens with two attached hydrogens (primary N) is 1. The summed E-state index contributed by atoms with van der Waals surface area (Å²) in [7, 11) is -1.69. The molecule has 0 aromatic rings. The molecule has 0 aromatic heterocycles. The number of methoxy groups -OCH3 is 1. The summed E-state index contributed by atoms with van der Waals surface area (Å²) in [4.78, 5) is 0. The molecular weight excluding hydrogens is 240 g/mol. The van der Waals surface area contributed by atoms with Gasteiger partial charge in [-0.05, 0) is 20.3 Å². The first kappa shape index (κ1) is 17.5. The molecule has 0 saturated heterocycles. The van der Waals surface area contributed by atoms with E-state index in [2.05, 4.69) is 4.72 Å². The van der Waals surface area contributed by atoms with Crippen molar-refractivity contribution in [2.24, 2.45) is 5.73 Å². The highest BCUT2D eigenvalue weighted by Gasteiger charge is 2.22. The molecule has 0 fully saturated rings. The normalized spacial score (nSPS) is 12.3. The topological polar surface area (TPSA) is 81.4 Å². The zero-order chi connectivity index (χ0) is 11.2. The van der Waals surface area contributed by atoms with E-state index in [1.54, 1.807) is 21.0 Å². The van der Waals surface area contributed by atoms with Crippen LogP contribution in [0.25, 0.3) is 0 Å². The molecule has 15 heavy (non-hydrogen) atoms. The number of hydrogen-bond donors (Lipinski definition) is 2. The highest BCUT2D eigenvalue weighted by molar-refractivity contribution is 7.89. The van der Waals surface area contributed by atoms with Gasteiger partial charge in [0.1, 0.15) is 0 Å². The first-order chi connectivity index (χ1) is 6.33. The summed E-state index contributed by atoms with van der Waals surface area (Å²) in [6, 6.07) is 0. The maximum atomic E-state index is 11.5. The molecule has 0 rings (SSSR count). The van der Waals surface area contributed by atoms with Crippen molar-refractivity contribution in [1.29, 1.82) is 0 Å². The molecule has 7 heteroatoms. The minimum Gasteiger partial charge on any atom is -0.385 e. The number of ether oxygens (including phenoxy) is 1. The van der Waals surface area contributed by atoms with Gasteiger partial charge in [-0.1, -0.05) is 0 Å². The van der Waals surface area contributed by atoms with Crippen LogP contribution in [0.3, 0.4) is 0 Å². The predicted octanol–water partition coefficient (Wildman–Crippen LogP) is 0.101. The third-order valence-electron chi connectivity index (χ3n) is 1.70. The lowest BCUT2D eigenvalue weighted by Crippen LogP contribution is -2.49. The summed E-state index contributed by atoms with van der Waals surface area (Å²) in [6.07, 6.45) is 0.493. The molecule has 0 aliphatic heterocycles. The second-order valence-corrected chi connectivity index (χ2v) is 5.70. The molecule has 0 aliphatic carbocycles. The fraction of sp³-hybridized carbons (Fsp3) is 1.00. The molecule has 0 bridgehead atoms. The van der Waals surface area contributed by atoms with E-state index in [4.69, 9.17) is 10.5 Å². The molecule has 0 saturated carbocycles. The Labute approximate surface area is 98.2 Å². The first-order valence-electron chi connectivity index (χ1n) is 4.53. The maximum absolute atomic E-state index is 11.5. The number of rotatable bonds is 7. The summed E-state index contributed by atoms with van der Waals surface area (Å²) in [6.45, 7) is 4.22. The van der Waals surface area contributed by atoms with Crippen molar-refractivity contribution in [2.75, 3.05) is 26.0 Å². The maximum Gasteiger partial charge on any atom is 0.212 e. The third kappa shape index (κ3) is 9.07. The lowest BCUT2D eigenvalue weighted by molar-refractivity contribution is 0.199. The van der Waals surface area contributed by atoms with Crippen LogP contribution in [0.15, 0.2) is 0 Å². The predicted molar refractivity (Wildman–Crippen MR) is 63.8 cm³/mol. The molecule has 0 amide bonds.